The van der Waals surface area contributed by atoms with Crippen molar-refractivity contribution in [2.45, 2.75) is 0 Å². The maximum absolute atomic E-state index is 5.16. The van der Waals surface area contributed by atoms with Gasteiger partial charge in [0.2, 0.25) is 0 Å². The normalized spacial score (nSPS) is 11.3. The summed E-state index contributed by atoms with van der Waals surface area (Å²) in [6.45, 7) is 0. The third-order valence-electron chi connectivity index (χ3n) is 7.43. The molecule has 6 heteroatoms. The SMILES string of the molecule is c1ccc(-c2nc3cccc(-c4ccc(-c5ccc6ccc7cccnc7c6n5)cc4)c3nc2-c2ccccn2)nc1. The molecule has 0 atom stereocenters. The minimum absolute atomic E-state index is 0.701. The van der Waals surface area contributed by atoms with E-state index in [0.29, 0.717) is 11.4 Å². The molecule has 8 aromatic rings. The van der Waals surface area contributed by atoms with Gasteiger partial charge in [-0.1, -0.05) is 72.8 Å². The van der Waals surface area contributed by atoms with Crippen LogP contribution in [0.15, 0.2) is 134 Å². The Hall–Kier alpha value is -5.88. The van der Waals surface area contributed by atoms with Gasteiger partial charge in [0.25, 0.3) is 0 Å². The third kappa shape index (κ3) is 4.14. The standard InChI is InChI=1S/C36H22N6/c1-3-20-37-29(9-1)35-36(30-10-2-4-21-38-30)42-34-27(8-5-11-31(34)41-35)23-12-14-24(15-13-23)28-19-18-26-17-16-25-7-6-22-39-32(25)33(26)40-28/h1-22H. The number of para-hydroxylation sites is 1. The highest BCUT2D eigenvalue weighted by Crippen LogP contribution is 2.34. The Balaban J connectivity index is 1.24. The Kier molecular flexibility index (Phi) is 5.67. The summed E-state index contributed by atoms with van der Waals surface area (Å²) in [5.74, 6) is 0. The van der Waals surface area contributed by atoms with Gasteiger partial charge in [-0.25, -0.2) is 15.0 Å². The highest BCUT2D eigenvalue weighted by Gasteiger charge is 2.17. The molecule has 0 aliphatic rings. The van der Waals surface area contributed by atoms with Crippen molar-refractivity contribution in [1.82, 2.24) is 29.9 Å². The summed E-state index contributed by atoms with van der Waals surface area (Å²) >= 11 is 0. The fourth-order valence-corrected chi connectivity index (χ4v) is 5.38. The smallest absolute Gasteiger partial charge is 0.117 e. The number of aromatic nitrogens is 6. The summed E-state index contributed by atoms with van der Waals surface area (Å²) in [5.41, 5.74) is 10.3. The molecule has 0 bridgehead atoms. The van der Waals surface area contributed by atoms with E-state index in [1.165, 1.54) is 0 Å². The first kappa shape index (κ1) is 24.0. The fourth-order valence-electron chi connectivity index (χ4n) is 5.38. The van der Waals surface area contributed by atoms with Crippen LogP contribution in [0, 0.1) is 0 Å². The monoisotopic (exact) mass is 538 g/mol. The zero-order chi connectivity index (χ0) is 27.9. The number of nitrogens with zero attached hydrogens (tertiary/aromatic N) is 6. The number of hydrogen-bond acceptors (Lipinski definition) is 6. The van der Waals surface area contributed by atoms with Crippen molar-refractivity contribution < 1.29 is 0 Å². The molecule has 5 heterocycles. The molecule has 0 saturated heterocycles. The number of hydrogen-bond donors (Lipinski definition) is 0. The van der Waals surface area contributed by atoms with Gasteiger partial charge in [-0.3, -0.25) is 15.0 Å². The van der Waals surface area contributed by atoms with Gasteiger partial charge in [0.1, 0.15) is 11.4 Å². The average Bonchev–Trinajstić information content (AvgIpc) is 3.08. The van der Waals surface area contributed by atoms with E-state index in [2.05, 4.69) is 75.6 Å². The lowest BCUT2D eigenvalue weighted by molar-refractivity contribution is 1.21. The molecule has 0 N–H and O–H groups in total. The summed E-state index contributed by atoms with van der Waals surface area (Å²) in [7, 11) is 0. The van der Waals surface area contributed by atoms with E-state index in [9.17, 15) is 0 Å². The van der Waals surface area contributed by atoms with Crippen LogP contribution in [0.25, 0.3) is 78.0 Å². The second-order valence-corrected chi connectivity index (χ2v) is 10.0. The molecule has 0 spiro atoms. The van der Waals surface area contributed by atoms with Crippen molar-refractivity contribution in [3.05, 3.63) is 134 Å². The van der Waals surface area contributed by atoms with Crippen LogP contribution >= 0.6 is 0 Å². The molecule has 0 amide bonds. The summed E-state index contributed by atoms with van der Waals surface area (Å²) in [6.07, 6.45) is 5.36. The van der Waals surface area contributed by atoms with Crippen molar-refractivity contribution in [1.29, 1.82) is 0 Å². The van der Waals surface area contributed by atoms with Crippen LogP contribution in [0.2, 0.25) is 0 Å². The second kappa shape index (κ2) is 9.94. The van der Waals surface area contributed by atoms with Crippen LogP contribution in [0.5, 0.6) is 0 Å². The van der Waals surface area contributed by atoms with Gasteiger partial charge >= 0.3 is 0 Å². The maximum atomic E-state index is 5.16. The molecular weight excluding hydrogens is 516 g/mol. The Morgan fingerprint density at radius 2 is 1.02 bits per heavy atom. The first-order valence-corrected chi connectivity index (χ1v) is 13.7. The maximum Gasteiger partial charge on any atom is 0.117 e. The van der Waals surface area contributed by atoms with Gasteiger partial charge in [-0.2, -0.15) is 0 Å². The lowest BCUT2D eigenvalue weighted by Gasteiger charge is -2.12. The molecule has 0 aliphatic carbocycles. The molecule has 196 valence electrons. The quantitative estimate of drug-likeness (QED) is 0.210. The molecule has 42 heavy (non-hydrogen) atoms. The predicted molar refractivity (Wildman–Crippen MR) is 167 cm³/mol. The highest BCUT2D eigenvalue weighted by atomic mass is 14.9. The van der Waals surface area contributed by atoms with E-state index in [1.54, 1.807) is 12.4 Å². The van der Waals surface area contributed by atoms with Crippen LogP contribution in [-0.2, 0) is 0 Å². The van der Waals surface area contributed by atoms with Gasteiger partial charge in [0.15, 0.2) is 0 Å². The zero-order valence-corrected chi connectivity index (χ0v) is 22.4. The highest BCUT2D eigenvalue weighted by molar-refractivity contribution is 6.03. The number of benzene rings is 3. The first-order chi connectivity index (χ1) is 20.8. The van der Waals surface area contributed by atoms with Gasteiger partial charge < -0.3 is 0 Å². The van der Waals surface area contributed by atoms with Crippen molar-refractivity contribution in [2.24, 2.45) is 0 Å². The summed E-state index contributed by atoms with van der Waals surface area (Å²) in [4.78, 5) is 29.0. The lowest BCUT2D eigenvalue weighted by Crippen LogP contribution is -1.99. The Bertz CT molecular complexity index is 2230. The topological polar surface area (TPSA) is 77.3 Å². The van der Waals surface area contributed by atoms with Crippen molar-refractivity contribution >= 4 is 32.8 Å². The van der Waals surface area contributed by atoms with E-state index in [1.807, 2.05) is 60.8 Å². The number of pyridine rings is 4. The van der Waals surface area contributed by atoms with Gasteiger partial charge in [-0.15, -0.1) is 0 Å². The lowest BCUT2D eigenvalue weighted by atomic mass is 10.00. The minimum Gasteiger partial charge on any atom is -0.255 e. The molecule has 0 saturated carbocycles. The molecular formula is C36H22N6. The van der Waals surface area contributed by atoms with Crippen LogP contribution in [0.3, 0.4) is 0 Å². The van der Waals surface area contributed by atoms with Crippen LogP contribution in [0.1, 0.15) is 0 Å². The summed E-state index contributed by atoms with van der Waals surface area (Å²) in [6, 6.07) is 38.5. The first-order valence-electron chi connectivity index (χ1n) is 13.7. The van der Waals surface area contributed by atoms with Gasteiger partial charge in [0.05, 0.1) is 39.1 Å². The number of rotatable bonds is 4. The molecule has 0 fully saturated rings. The zero-order valence-electron chi connectivity index (χ0n) is 22.4. The van der Waals surface area contributed by atoms with E-state index in [-0.39, 0.29) is 0 Å². The second-order valence-electron chi connectivity index (χ2n) is 10.0. The predicted octanol–water partition coefficient (Wildman–Crippen LogP) is 8.18. The van der Waals surface area contributed by atoms with Crippen molar-refractivity contribution in [2.75, 3.05) is 0 Å². The Morgan fingerprint density at radius 3 is 1.76 bits per heavy atom. The van der Waals surface area contributed by atoms with Crippen molar-refractivity contribution in [3.8, 4) is 45.2 Å². The molecule has 8 rings (SSSR count). The molecule has 5 aromatic heterocycles. The van der Waals surface area contributed by atoms with Crippen LogP contribution in [0.4, 0.5) is 0 Å². The van der Waals surface area contributed by atoms with Crippen LogP contribution in [-0.4, -0.2) is 29.9 Å². The van der Waals surface area contributed by atoms with E-state index < -0.39 is 0 Å². The Labute approximate surface area is 241 Å². The Morgan fingerprint density at radius 1 is 0.357 bits per heavy atom. The third-order valence-corrected chi connectivity index (χ3v) is 7.43. The molecule has 0 unspecified atom stereocenters. The van der Waals surface area contributed by atoms with Gasteiger partial charge in [-0.05, 0) is 48.0 Å². The largest absolute Gasteiger partial charge is 0.255 e. The minimum atomic E-state index is 0.701. The fraction of sp³-hybridized carbons (Fsp3) is 0. The molecule has 0 radical (unpaired) electrons. The number of fused-ring (bicyclic) bond motifs is 4. The molecule has 3 aromatic carbocycles. The van der Waals surface area contributed by atoms with E-state index in [4.69, 9.17) is 15.0 Å². The van der Waals surface area contributed by atoms with Crippen LogP contribution < -0.4 is 0 Å². The molecule has 0 aliphatic heterocycles. The average molecular weight is 539 g/mol. The van der Waals surface area contributed by atoms with Gasteiger partial charge in [0, 0.05) is 40.5 Å². The van der Waals surface area contributed by atoms with E-state index in [0.717, 1.165) is 66.6 Å². The summed E-state index contributed by atoms with van der Waals surface area (Å²) < 4.78 is 0. The summed E-state index contributed by atoms with van der Waals surface area (Å²) in [5, 5.41) is 2.16. The van der Waals surface area contributed by atoms with Crippen molar-refractivity contribution in [3.63, 3.8) is 0 Å². The molecule has 6 nitrogen and oxygen atoms in total. The van der Waals surface area contributed by atoms with E-state index >= 15 is 0 Å².